The van der Waals surface area contributed by atoms with Gasteiger partial charge in [-0.3, -0.25) is 9.10 Å². The predicted molar refractivity (Wildman–Crippen MR) is 138 cm³/mol. The number of hydrogen-bond acceptors (Lipinski definition) is 7. The summed E-state index contributed by atoms with van der Waals surface area (Å²) in [6.07, 6.45) is 1.72. The minimum absolute atomic E-state index is 0.0418. The summed E-state index contributed by atoms with van der Waals surface area (Å²) < 4.78 is 38.8. The Kier molecular flexibility index (Phi) is 7.94. The first-order chi connectivity index (χ1) is 17.0. The molecule has 1 aliphatic rings. The van der Waals surface area contributed by atoms with Gasteiger partial charge in [-0.2, -0.15) is 16.9 Å². The van der Waals surface area contributed by atoms with Crippen LogP contribution in [0.1, 0.15) is 5.56 Å². The van der Waals surface area contributed by atoms with Crippen molar-refractivity contribution in [2.75, 3.05) is 29.5 Å². The summed E-state index contributed by atoms with van der Waals surface area (Å²) in [6.45, 7) is -0.446. The van der Waals surface area contributed by atoms with Gasteiger partial charge < -0.3 is 9.47 Å². The SMILES string of the molecule is COc1ccc(S(=O)(=O)N(CC(=O)N/N=C\c2cccc(OC3CSC3)c2)c2ccccc2)cc1. The third-order valence-electron chi connectivity index (χ3n) is 5.15. The highest BCUT2D eigenvalue weighted by Crippen LogP contribution is 2.25. The van der Waals surface area contributed by atoms with E-state index >= 15 is 0 Å². The zero-order valence-corrected chi connectivity index (χ0v) is 20.7. The number of benzene rings is 3. The van der Waals surface area contributed by atoms with E-state index in [2.05, 4.69) is 10.5 Å². The normalized spacial score (nSPS) is 13.7. The minimum atomic E-state index is -4.02. The van der Waals surface area contributed by atoms with Gasteiger partial charge in [-0.25, -0.2) is 13.8 Å². The highest BCUT2D eigenvalue weighted by Gasteiger charge is 2.27. The van der Waals surface area contributed by atoms with E-state index in [-0.39, 0.29) is 11.0 Å². The number of para-hydroxylation sites is 1. The maximum absolute atomic E-state index is 13.4. The molecule has 1 N–H and O–H groups in total. The van der Waals surface area contributed by atoms with Crippen LogP contribution in [-0.2, 0) is 14.8 Å². The highest BCUT2D eigenvalue weighted by molar-refractivity contribution is 8.00. The number of nitrogens with zero attached hydrogens (tertiary/aromatic N) is 2. The maximum atomic E-state index is 13.4. The van der Waals surface area contributed by atoms with Crippen molar-refractivity contribution in [3.8, 4) is 11.5 Å². The highest BCUT2D eigenvalue weighted by atomic mass is 32.2. The lowest BCUT2D eigenvalue weighted by Gasteiger charge is -2.25. The molecular weight excluding hydrogens is 486 g/mol. The molecule has 182 valence electrons. The number of carbonyl (C=O) groups is 1. The van der Waals surface area contributed by atoms with Crippen molar-refractivity contribution < 1.29 is 22.7 Å². The van der Waals surface area contributed by atoms with Gasteiger partial charge in [0.2, 0.25) is 0 Å². The topological polar surface area (TPSA) is 97.3 Å². The number of carbonyl (C=O) groups excluding carboxylic acids is 1. The van der Waals surface area contributed by atoms with Crippen molar-refractivity contribution in [3.05, 3.63) is 84.4 Å². The fraction of sp³-hybridized carbons (Fsp3) is 0.200. The molecule has 0 spiro atoms. The number of anilines is 1. The maximum Gasteiger partial charge on any atom is 0.264 e. The first-order valence-corrected chi connectivity index (χ1v) is 13.4. The molecule has 0 unspecified atom stereocenters. The lowest BCUT2D eigenvalue weighted by Crippen LogP contribution is -2.39. The van der Waals surface area contributed by atoms with Gasteiger partial charge in [-0.05, 0) is 54.1 Å². The van der Waals surface area contributed by atoms with E-state index in [1.54, 1.807) is 42.5 Å². The molecule has 0 atom stereocenters. The largest absolute Gasteiger partial charge is 0.497 e. The molecule has 1 heterocycles. The van der Waals surface area contributed by atoms with Gasteiger partial charge in [0.15, 0.2) is 0 Å². The van der Waals surface area contributed by atoms with E-state index in [0.717, 1.165) is 27.1 Å². The summed E-state index contributed by atoms with van der Waals surface area (Å²) in [6, 6.07) is 21.8. The molecule has 35 heavy (non-hydrogen) atoms. The molecule has 0 saturated carbocycles. The summed E-state index contributed by atoms with van der Waals surface area (Å²) in [4.78, 5) is 12.7. The van der Waals surface area contributed by atoms with Crippen LogP contribution in [0.25, 0.3) is 0 Å². The standard InChI is InChI=1S/C25H25N3O5S2/c1-32-21-10-12-24(13-11-21)35(30,31)28(20-7-3-2-4-8-20)16-25(29)27-26-15-19-6-5-9-22(14-19)33-23-17-34-18-23/h2-15,23H,16-18H2,1H3,(H,27,29)/b26-15-. The first-order valence-electron chi connectivity index (χ1n) is 10.8. The van der Waals surface area contributed by atoms with Gasteiger partial charge in [-0.15, -0.1) is 0 Å². The van der Waals surface area contributed by atoms with E-state index in [9.17, 15) is 13.2 Å². The van der Waals surface area contributed by atoms with Crippen molar-refractivity contribution in [2.45, 2.75) is 11.0 Å². The lowest BCUT2D eigenvalue weighted by atomic mass is 10.2. The van der Waals surface area contributed by atoms with Crippen LogP contribution in [0, 0.1) is 0 Å². The lowest BCUT2D eigenvalue weighted by molar-refractivity contribution is -0.119. The van der Waals surface area contributed by atoms with Crippen molar-refractivity contribution in [1.82, 2.24) is 5.43 Å². The fourth-order valence-electron chi connectivity index (χ4n) is 3.27. The van der Waals surface area contributed by atoms with E-state index < -0.39 is 22.5 Å². The van der Waals surface area contributed by atoms with E-state index in [4.69, 9.17) is 9.47 Å². The molecule has 8 nitrogen and oxygen atoms in total. The monoisotopic (exact) mass is 511 g/mol. The zero-order chi connectivity index (χ0) is 24.7. The minimum Gasteiger partial charge on any atom is -0.497 e. The number of amides is 1. The number of hydrogen-bond donors (Lipinski definition) is 1. The molecule has 1 fully saturated rings. The third-order valence-corrected chi connectivity index (χ3v) is 8.15. The number of rotatable bonds is 10. The smallest absolute Gasteiger partial charge is 0.264 e. The molecule has 0 bridgehead atoms. The molecule has 1 saturated heterocycles. The van der Waals surface area contributed by atoms with E-state index in [1.807, 2.05) is 36.0 Å². The Labute approximate surface area is 209 Å². The fourth-order valence-corrected chi connectivity index (χ4v) is 5.26. The predicted octanol–water partition coefficient (Wildman–Crippen LogP) is 3.54. The summed E-state index contributed by atoms with van der Waals surface area (Å²) in [5.74, 6) is 2.65. The second-order valence-corrected chi connectivity index (χ2v) is 10.6. The van der Waals surface area contributed by atoms with Crippen LogP contribution < -0.4 is 19.2 Å². The molecule has 1 aliphatic heterocycles. The molecule has 10 heteroatoms. The van der Waals surface area contributed by atoms with Crippen LogP contribution in [0.2, 0.25) is 0 Å². The first kappa shape index (κ1) is 24.6. The van der Waals surface area contributed by atoms with Gasteiger partial charge in [-0.1, -0.05) is 30.3 Å². The summed E-state index contributed by atoms with van der Waals surface area (Å²) in [5, 5.41) is 4.00. The van der Waals surface area contributed by atoms with Crippen LogP contribution >= 0.6 is 11.8 Å². The number of sulfonamides is 1. The van der Waals surface area contributed by atoms with Crippen LogP contribution in [0.3, 0.4) is 0 Å². The summed E-state index contributed by atoms with van der Waals surface area (Å²) in [5.41, 5.74) is 3.53. The van der Waals surface area contributed by atoms with Gasteiger partial charge in [0, 0.05) is 11.5 Å². The Morgan fingerprint density at radius 3 is 2.46 bits per heavy atom. The van der Waals surface area contributed by atoms with Crippen LogP contribution in [0.15, 0.2) is 88.9 Å². The number of nitrogens with one attached hydrogen (secondary N) is 1. The van der Waals surface area contributed by atoms with Crippen molar-refractivity contribution >= 4 is 39.6 Å². The molecule has 3 aromatic carbocycles. The Bertz CT molecular complexity index is 1280. The summed E-state index contributed by atoms with van der Waals surface area (Å²) in [7, 11) is -2.52. The molecule has 3 aromatic rings. The second kappa shape index (κ2) is 11.3. The van der Waals surface area contributed by atoms with Crippen LogP contribution in [-0.4, -0.2) is 51.8 Å². The van der Waals surface area contributed by atoms with Gasteiger partial charge in [0.05, 0.1) is 23.9 Å². The third kappa shape index (κ3) is 6.34. The van der Waals surface area contributed by atoms with Crippen molar-refractivity contribution in [2.24, 2.45) is 5.10 Å². The van der Waals surface area contributed by atoms with Crippen molar-refractivity contribution in [1.29, 1.82) is 0 Å². The van der Waals surface area contributed by atoms with Crippen LogP contribution in [0.4, 0.5) is 5.69 Å². The van der Waals surface area contributed by atoms with Crippen molar-refractivity contribution in [3.63, 3.8) is 0 Å². The number of ether oxygens (including phenoxy) is 2. The van der Waals surface area contributed by atoms with E-state index in [0.29, 0.717) is 11.4 Å². The average molecular weight is 512 g/mol. The Balaban J connectivity index is 1.46. The number of methoxy groups -OCH3 is 1. The average Bonchev–Trinajstić information content (AvgIpc) is 2.85. The molecular formula is C25H25N3O5S2. The van der Waals surface area contributed by atoms with Gasteiger partial charge >= 0.3 is 0 Å². The molecule has 4 rings (SSSR count). The van der Waals surface area contributed by atoms with Gasteiger partial charge in [0.25, 0.3) is 15.9 Å². The van der Waals surface area contributed by atoms with Crippen LogP contribution in [0.5, 0.6) is 11.5 Å². The van der Waals surface area contributed by atoms with Gasteiger partial charge in [0.1, 0.15) is 24.1 Å². The molecule has 0 radical (unpaired) electrons. The second-order valence-electron chi connectivity index (χ2n) is 7.67. The summed E-state index contributed by atoms with van der Waals surface area (Å²) >= 11 is 1.84. The number of hydrazone groups is 1. The molecule has 1 amide bonds. The van der Waals surface area contributed by atoms with E-state index in [1.165, 1.54) is 25.5 Å². The Hall–Kier alpha value is -3.50. The number of thioether (sulfide) groups is 1. The Morgan fingerprint density at radius 2 is 1.80 bits per heavy atom. The molecule has 0 aliphatic carbocycles. The zero-order valence-electron chi connectivity index (χ0n) is 19.0. The molecule has 0 aromatic heterocycles. The quantitative estimate of drug-likeness (QED) is 0.330. The Morgan fingerprint density at radius 1 is 1.06 bits per heavy atom.